The van der Waals surface area contributed by atoms with Crippen LogP contribution in [-0.4, -0.2) is 24.1 Å². The average molecular weight is 399 g/mol. The van der Waals surface area contributed by atoms with Gasteiger partial charge in [0.25, 0.3) is 0 Å². The molecule has 0 fully saturated rings. The first kappa shape index (κ1) is 21.8. The fraction of sp³-hybridized carbons (Fsp3) is 0.409. The zero-order valence-electron chi connectivity index (χ0n) is 16.7. The monoisotopic (exact) mass is 398 g/mol. The molecule has 0 saturated carbocycles. The van der Waals surface area contributed by atoms with E-state index in [1.54, 1.807) is 19.1 Å². The summed E-state index contributed by atoms with van der Waals surface area (Å²) in [4.78, 5) is 24.9. The molecule has 148 valence electrons. The molecule has 2 rings (SSSR count). The van der Waals surface area contributed by atoms with Crippen LogP contribution in [0.3, 0.4) is 0 Å². The van der Waals surface area contributed by atoms with E-state index in [1.807, 2.05) is 25.1 Å². The molecule has 1 aliphatic rings. The van der Waals surface area contributed by atoms with Crippen molar-refractivity contribution in [1.82, 2.24) is 5.32 Å². The lowest BCUT2D eigenvalue weighted by atomic mass is 9.79. The summed E-state index contributed by atoms with van der Waals surface area (Å²) in [6.45, 7) is 8.07. The largest absolute Gasteiger partial charge is 0.465 e. The van der Waals surface area contributed by atoms with Crippen molar-refractivity contribution < 1.29 is 14.3 Å². The molecule has 1 aromatic carbocycles. The molecule has 1 aliphatic heterocycles. The molecule has 1 N–H and O–H groups in total. The van der Waals surface area contributed by atoms with Crippen molar-refractivity contribution in [2.24, 2.45) is 11.8 Å². The van der Waals surface area contributed by atoms with Gasteiger partial charge in [-0.1, -0.05) is 55.9 Å². The van der Waals surface area contributed by atoms with Crippen LogP contribution in [-0.2, 0) is 9.53 Å². The minimum absolute atomic E-state index is 0.0709. The number of benzene rings is 1. The third kappa shape index (κ3) is 5.26. The van der Waals surface area contributed by atoms with Crippen LogP contribution >= 0.6 is 11.8 Å². The van der Waals surface area contributed by atoms with E-state index in [-0.39, 0.29) is 23.4 Å². The second-order valence-corrected chi connectivity index (χ2v) is 7.97. The Balaban J connectivity index is 2.39. The van der Waals surface area contributed by atoms with Crippen LogP contribution in [0.15, 0.2) is 52.2 Å². The number of nitrogens with zero attached hydrogens (tertiary/aromatic N) is 1. The van der Waals surface area contributed by atoms with Crippen molar-refractivity contribution in [3.05, 3.63) is 57.8 Å². The summed E-state index contributed by atoms with van der Waals surface area (Å²) < 4.78 is 4.98. The Morgan fingerprint density at radius 1 is 1.29 bits per heavy atom. The number of nitrogens with one attached hydrogen (secondary N) is 1. The van der Waals surface area contributed by atoms with Crippen molar-refractivity contribution in [1.29, 1.82) is 5.26 Å². The zero-order valence-corrected chi connectivity index (χ0v) is 17.6. The number of esters is 1. The third-order valence-electron chi connectivity index (χ3n) is 4.39. The molecule has 0 aliphatic carbocycles. The van der Waals surface area contributed by atoms with E-state index in [0.29, 0.717) is 40.7 Å². The van der Waals surface area contributed by atoms with Crippen molar-refractivity contribution >= 4 is 23.5 Å². The summed E-state index contributed by atoms with van der Waals surface area (Å²) >= 11 is 1.25. The minimum atomic E-state index is -0.327. The number of carbonyl (C=O) groups excluding carboxylic acids is 2. The smallest absolute Gasteiger partial charge is 0.316 e. The van der Waals surface area contributed by atoms with E-state index in [0.717, 1.165) is 5.70 Å². The molecule has 0 bridgehead atoms. The van der Waals surface area contributed by atoms with Gasteiger partial charge < -0.3 is 10.1 Å². The van der Waals surface area contributed by atoms with Crippen LogP contribution < -0.4 is 5.32 Å². The summed E-state index contributed by atoms with van der Waals surface area (Å²) in [5.41, 5.74) is 2.46. The Labute approximate surface area is 170 Å². The van der Waals surface area contributed by atoms with Gasteiger partial charge in [-0.2, -0.15) is 5.26 Å². The predicted molar refractivity (Wildman–Crippen MR) is 111 cm³/mol. The van der Waals surface area contributed by atoms with E-state index in [2.05, 4.69) is 25.2 Å². The predicted octanol–water partition coefficient (Wildman–Crippen LogP) is 4.44. The van der Waals surface area contributed by atoms with E-state index in [1.165, 1.54) is 11.8 Å². The second kappa shape index (κ2) is 10.1. The highest BCUT2D eigenvalue weighted by molar-refractivity contribution is 8.03. The number of ether oxygens (including phenoxy) is 1. The Morgan fingerprint density at radius 3 is 2.54 bits per heavy atom. The van der Waals surface area contributed by atoms with Gasteiger partial charge in [0.15, 0.2) is 5.78 Å². The van der Waals surface area contributed by atoms with Crippen LogP contribution in [0.25, 0.3) is 0 Å². The van der Waals surface area contributed by atoms with E-state index < -0.39 is 0 Å². The standard InChI is InChI=1S/C22H26N2O3S/c1-5-27-19(25)13-28-22-18(12-23)17(11-14(2)3)20(15(4)24-22)21(26)16-9-7-6-8-10-16/h6-10,14,17,24H,5,11,13H2,1-4H3. The van der Waals surface area contributed by atoms with Crippen molar-refractivity contribution in [2.75, 3.05) is 12.4 Å². The van der Waals surface area contributed by atoms with Crippen molar-refractivity contribution in [3.8, 4) is 6.07 Å². The summed E-state index contributed by atoms with van der Waals surface area (Å²) in [6.07, 6.45) is 0.680. The number of hydrogen-bond donors (Lipinski definition) is 1. The number of Topliss-reactive ketones (excluding diaryl/α,β-unsaturated/α-hetero) is 1. The maximum absolute atomic E-state index is 13.2. The minimum Gasteiger partial charge on any atom is -0.465 e. The molecule has 28 heavy (non-hydrogen) atoms. The molecule has 6 heteroatoms. The number of nitriles is 1. The highest BCUT2D eigenvalue weighted by Gasteiger charge is 2.34. The van der Waals surface area contributed by atoms with Crippen LogP contribution in [0.4, 0.5) is 0 Å². The van der Waals surface area contributed by atoms with Gasteiger partial charge in [-0.25, -0.2) is 0 Å². The lowest BCUT2D eigenvalue weighted by Gasteiger charge is -2.30. The molecular formula is C22H26N2O3S. The topological polar surface area (TPSA) is 79.2 Å². The second-order valence-electron chi connectivity index (χ2n) is 6.99. The highest BCUT2D eigenvalue weighted by atomic mass is 32.2. The van der Waals surface area contributed by atoms with Gasteiger partial charge >= 0.3 is 5.97 Å². The fourth-order valence-corrected chi connectivity index (χ4v) is 4.14. The normalized spacial score (nSPS) is 16.6. The van der Waals surface area contributed by atoms with E-state index >= 15 is 0 Å². The number of ketones is 1. The summed E-state index contributed by atoms with van der Waals surface area (Å²) in [5, 5.41) is 13.7. The Kier molecular flexibility index (Phi) is 7.89. The maximum atomic E-state index is 13.2. The number of dihydropyridines is 1. The molecule has 1 atom stereocenters. The molecule has 0 radical (unpaired) electrons. The van der Waals surface area contributed by atoms with Crippen molar-refractivity contribution in [3.63, 3.8) is 0 Å². The quantitative estimate of drug-likeness (QED) is 0.515. The lowest BCUT2D eigenvalue weighted by Crippen LogP contribution is -2.30. The van der Waals surface area contributed by atoms with Crippen LogP contribution in [0.2, 0.25) is 0 Å². The molecule has 5 nitrogen and oxygen atoms in total. The zero-order chi connectivity index (χ0) is 20.7. The maximum Gasteiger partial charge on any atom is 0.316 e. The molecule has 0 aromatic heterocycles. The van der Waals surface area contributed by atoms with Gasteiger partial charge in [0.1, 0.15) is 0 Å². The van der Waals surface area contributed by atoms with Crippen LogP contribution in [0.5, 0.6) is 0 Å². The molecule has 1 heterocycles. The summed E-state index contributed by atoms with van der Waals surface area (Å²) in [7, 11) is 0. The highest BCUT2D eigenvalue weighted by Crippen LogP contribution is 2.38. The van der Waals surface area contributed by atoms with Gasteiger partial charge in [0.2, 0.25) is 0 Å². The SMILES string of the molecule is CCOC(=O)CSC1=C(C#N)C(CC(C)C)C(C(=O)c2ccccc2)=C(C)N1. The first-order valence-electron chi connectivity index (χ1n) is 9.39. The summed E-state index contributed by atoms with van der Waals surface area (Å²) in [5.74, 6) is -0.283. The number of carbonyl (C=O) groups is 2. The molecular weight excluding hydrogens is 372 g/mol. The van der Waals surface area contributed by atoms with Gasteiger partial charge in [0, 0.05) is 22.8 Å². The molecule has 1 unspecified atom stereocenters. The number of thioether (sulfide) groups is 1. The van der Waals surface area contributed by atoms with Gasteiger partial charge in [0.05, 0.1) is 29.0 Å². The van der Waals surface area contributed by atoms with E-state index in [4.69, 9.17) is 4.74 Å². The number of hydrogen-bond acceptors (Lipinski definition) is 6. The van der Waals surface area contributed by atoms with Gasteiger partial charge in [-0.3, -0.25) is 9.59 Å². The van der Waals surface area contributed by atoms with E-state index in [9.17, 15) is 14.9 Å². The first-order valence-corrected chi connectivity index (χ1v) is 10.4. The molecule has 0 amide bonds. The molecule has 0 saturated heterocycles. The third-order valence-corrected chi connectivity index (χ3v) is 5.39. The molecule has 1 aromatic rings. The number of allylic oxidation sites excluding steroid dienone is 3. The van der Waals surface area contributed by atoms with Crippen LogP contribution in [0.1, 0.15) is 44.5 Å². The first-order chi connectivity index (χ1) is 13.4. The van der Waals surface area contributed by atoms with Gasteiger partial charge in [-0.05, 0) is 26.2 Å². The Hall–Kier alpha value is -2.52. The lowest BCUT2D eigenvalue weighted by molar-refractivity contribution is -0.139. The van der Waals surface area contributed by atoms with Gasteiger partial charge in [-0.15, -0.1) is 0 Å². The van der Waals surface area contributed by atoms with Crippen LogP contribution in [0, 0.1) is 23.2 Å². The number of rotatable bonds is 8. The Morgan fingerprint density at radius 2 is 1.96 bits per heavy atom. The van der Waals surface area contributed by atoms with Crippen molar-refractivity contribution in [2.45, 2.75) is 34.1 Å². The average Bonchev–Trinajstić information content (AvgIpc) is 2.66. The summed E-state index contributed by atoms with van der Waals surface area (Å²) in [6, 6.07) is 11.4. The fourth-order valence-electron chi connectivity index (χ4n) is 3.23. The Bertz CT molecular complexity index is 835. The molecule has 0 spiro atoms.